The number of nitrogens with zero attached hydrogens (tertiary/aromatic N) is 1. The Hall–Kier alpha value is -1.62. The van der Waals surface area contributed by atoms with Crippen molar-refractivity contribution < 1.29 is 14.8 Å². The van der Waals surface area contributed by atoms with Crippen LogP contribution in [0.3, 0.4) is 0 Å². The van der Waals surface area contributed by atoms with Crippen LogP contribution in [0.2, 0.25) is 0 Å². The molecule has 1 atom stereocenters. The van der Waals surface area contributed by atoms with Crippen molar-refractivity contribution in [3.8, 4) is 5.75 Å². The van der Waals surface area contributed by atoms with Crippen molar-refractivity contribution in [2.75, 3.05) is 7.11 Å². The van der Waals surface area contributed by atoms with Crippen molar-refractivity contribution in [2.24, 2.45) is 0 Å². The summed E-state index contributed by atoms with van der Waals surface area (Å²) in [4.78, 5) is 10.2. The van der Waals surface area contributed by atoms with E-state index >= 15 is 0 Å². The van der Waals surface area contributed by atoms with Crippen LogP contribution in [0.1, 0.15) is 18.6 Å². The fourth-order valence-electron chi connectivity index (χ4n) is 1.24. The second-order valence-electron chi connectivity index (χ2n) is 2.83. The third-order valence-corrected chi connectivity index (χ3v) is 1.88. The Bertz CT molecular complexity index is 349. The van der Waals surface area contributed by atoms with Crippen LogP contribution in [0.15, 0.2) is 18.2 Å². The average Bonchev–Trinajstić information content (AvgIpc) is 2.16. The van der Waals surface area contributed by atoms with Gasteiger partial charge in [0.15, 0.2) is 5.75 Å². The van der Waals surface area contributed by atoms with E-state index in [0.717, 1.165) is 0 Å². The number of hydrogen-bond acceptors (Lipinski definition) is 4. The van der Waals surface area contributed by atoms with Crippen molar-refractivity contribution in [2.45, 2.75) is 13.0 Å². The first-order valence-electron chi connectivity index (χ1n) is 4.07. The summed E-state index contributed by atoms with van der Waals surface area (Å²) in [7, 11) is 1.36. The topological polar surface area (TPSA) is 72.6 Å². The average molecular weight is 197 g/mol. The Morgan fingerprint density at radius 1 is 1.57 bits per heavy atom. The van der Waals surface area contributed by atoms with E-state index in [0.29, 0.717) is 0 Å². The van der Waals surface area contributed by atoms with Gasteiger partial charge in [0.1, 0.15) is 0 Å². The Kier molecular flexibility index (Phi) is 3.03. The van der Waals surface area contributed by atoms with Crippen molar-refractivity contribution in [1.29, 1.82) is 0 Å². The van der Waals surface area contributed by atoms with Crippen LogP contribution >= 0.6 is 0 Å². The van der Waals surface area contributed by atoms with Gasteiger partial charge >= 0.3 is 5.69 Å². The van der Waals surface area contributed by atoms with E-state index in [9.17, 15) is 15.2 Å². The number of benzene rings is 1. The molecule has 76 valence electrons. The van der Waals surface area contributed by atoms with Gasteiger partial charge in [-0.2, -0.15) is 0 Å². The van der Waals surface area contributed by atoms with Crippen molar-refractivity contribution in [3.63, 3.8) is 0 Å². The zero-order valence-corrected chi connectivity index (χ0v) is 7.93. The minimum Gasteiger partial charge on any atom is -0.490 e. The molecule has 0 aliphatic heterocycles. The predicted molar refractivity (Wildman–Crippen MR) is 50.3 cm³/mol. The summed E-state index contributed by atoms with van der Waals surface area (Å²) >= 11 is 0. The van der Waals surface area contributed by atoms with Crippen LogP contribution in [0.4, 0.5) is 5.69 Å². The lowest BCUT2D eigenvalue weighted by Gasteiger charge is -2.08. The minimum atomic E-state index is -0.884. The maximum atomic E-state index is 10.7. The summed E-state index contributed by atoms with van der Waals surface area (Å²) in [5.74, 6) is 0.161. The largest absolute Gasteiger partial charge is 0.490 e. The molecule has 1 rings (SSSR count). The lowest BCUT2D eigenvalue weighted by atomic mass is 10.1. The Labute approximate surface area is 81.1 Å². The number of aliphatic hydroxyl groups excluding tert-OH is 1. The van der Waals surface area contributed by atoms with Crippen LogP contribution in [0, 0.1) is 10.1 Å². The van der Waals surface area contributed by atoms with Crippen LogP contribution in [0.5, 0.6) is 5.75 Å². The van der Waals surface area contributed by atoms with Gasteiger partial charge in [-0.1, -0.05) is 6.07 Å². The minimum absolute atomic E-state index is 0.161. The maximum Gasteiger partial charge on any atom is 0.316 e. The number of nitro groups is 1. The second-order valence-corrected chi connectivity index (χ2v) is 2.83. The van der Waals surface area contributed by atoms with Gasteiger partial charge in [0.2, 0.25) is 0 Å². The molecular weight excluding hydrogens is 186 g/mol. The van der Waals surface area contributed by atoms with Crippen molar-refractivity contribution in [1.82, 2.24) is 0 Å². The molecule has 0 amide bonds. The van der Waals surface area contributed by atoms with Gasteiger partial charge < -0.3 is 9.84 Å². The molecule has 0 aromatic heterocycles. The Morgan fingerprint density at radius 2 is 2.21 bits per heavy atom. The molecule has 1 aromatic rings. The van der Waals surface area contributed by atoms with Gasteiger partial charge in [0.25, 0.3) is 0 Å². The van der Waals surface area contributed by atoms with E-state index in [2.05, 4.69) is 0 Å². The highest BCUT2D eigenvalue weighted by Crippen LogP contribution is 2.33. The van der Waals surface area contributed by atoms with Crippen LogP contribution < -0.4 is 4.74 Å². The molecular formula is C9H11NO4. The maximum absolute atomic E-state index is 10.7. The van der Waals surface area contributed by atoms with Gasteiger partial charge in [-0.3, -0.25) is 10.1 Å². The molecule has 1 aromatic carbocycles. The fraction of sp³-hybridized carbons (Fsp3) is 0.333. The zero-order valence-electron chi connectivity index (χ0n) is 7.93. The number of para-hydroxylation sites is 1. The van der Waals surface area contributed by atoms with E-state index in [1.54, 1.807) is 6.07 Å². The molecule has 0 spiro atoms. The lowest BCUT2D eigenvalue weighted by molar-refractivity contribution is -0.387. The number of nitro benzene ring substituents is 1. The Morgan fingerprint density at radius 3 is 2.64 bits per heavy atom. The molecule has 0 saturated heterocycles. The monoisotopic (exact) mass is 197 g/mol. The third-order valence-electron chi connectivity index (χ3n) is 1.88. The summed E-state index contributed by atoms with van der Waals surface area (Å²) in [6, 6.07) is 4.60. The molecule has 0 saturated carbocycles. The molecule has 0 aliphatic rings. The van der Waals surface area contributed by atoms with E-state index < -0.39 is 11.0 Å². The molecule has 5 heteroatoms. The van der Waals surface area contributed by atoms with Crippen LogP contribution in [-0.2, 0) is 0 Å². The number of methoxy groups -OCH3 is 1. The van der Waals surface area contributed by atoms with Crippen LogP contribution in [-0.4, -0.2) is 17.1 Å². The van der Waals surface area contributed by atoms with Gasteiger partial charge in [-0.15, -0.1) is 0 Å². The number of ether oxygens (including phenoxy) is 1. The molecule has 0 unspecified atom stereocenters. The third kappa shape index (κ3) is 1.82. The normalized spacial score (nSPS) is 12.2. The first-order chi connectivity index (χ1) is 6.57. The molecule has 0 heterocycles. The summed E-state index contributed by atoms with van der Waals surface area (Å²) in [6.45, 7) is 1.47. The summed E-state index contributed by atoms with van der Waals surface area (Å²) < 4.78 is 4.84. The first kappa shape index (κ1) is 10.5. The fourth-order valence-corrected chi connectivity index (χ4v) is 1.24. The number of rotatable bonds is 3. The summed E-state index contributed by atoms with van der Waals surface area (Å²) in [5.41, 5.74) is 0.0827. The highest BCUT2D eigenvalue weighted by atomic mass is 16.6. The highest BCUT2D eigenvalue weighted by Gasteiger charge is 2.22. The smallest absolute Gasteiger partial charge is 0.316 e. The van der Waals surface area contributed by atoms with E-state index in [1.165, 1.54) is 26.2 Å². The molecule has 1 N–H and O–H groups in total. The molecule has 5 nitrogen and oxygen atoms in total. The Balaban J connectivity index is 3.35. The zero-order chi connectivity index (χ0) is 10.7. The van der Waals surface area contributed by atoms with Gasteiger partial charge in [0, 0.05) is 0 Å². The standard InChI is InChI=1S/C9H11NO4/c1-6(11)7-4-3-5-8(14-2)9(7)10(12)13/h3-6,11H,1-2H3/t6-/m1/s1. The molecule has 0 bridgehead atoms. The van der Waals surface area contributed by atoms with Crippen molar-refractivity contribution in [3.05, 3.63) is 33.9 Å². The van der Waals surface area contributed by atoms with E-state index in [1.807, 2.05) is 0 Å². The highest BCUT2D eigenvalue weighted by molar-refractivity contribution is 5.53. The number of aliphatic hydroxyl groups is 1. The van der Waals surface area contributed by atoms with E-state index in [-0.39, 0.29) is 17.0 Å². The number of hydrogen-bond donors (Lipinski definition) is 1. The van der Waals surface area contributed by atoms with Gasteiger partial charge in [0.05, 0.1) is 23.7 Å². The summed E-state index contributed by atoms with van der Waals surface area (Å²) in [5, 5.41) is 20.0. The molecule has 0 aliphatic carbocycles. The van der Waals surface area contributed by atoms with Gasteiger partial charge in [-0.25, -0.2) is 0 Å². The van der Waals surface area contributed by atoms with Gasteiger partial charge in [-0.05, 0) is 19.1 Å². The van der Waals surface area contributed by atoms with E-state index in [4.69, 9.17) is 4.74 Å². The lowest BCUT2D eigenvalue weighted by Crippen LogP contribution is -2.01. The SMILES string of the molecule is COc1cccc([C@@H](C)O)c1[N+](=O)[O-]. The second kappa shape index (κ2) is 4.06. The quantitative estimate of drug-likeness (QED) is 0.590. The molecule has 0 radical (unpaired) electrons. The van der Waals surface area contributed by atoms with Crippen LogP contribution in [0.25, 0.3) is 0 Å². The molecule has 14 heavy (non-hydrogen) atoms. The summed E-state index contributed by atoms with van der Waals surface area (Å²) in [6.07, 6.45) is -0.884. The first-order valence-corrected chi connectivity index (χ1v) is 4.07. The van der Waals surface area contributed by atoms with Crippen molar-refractivity contribution >= 4 is 5.69 Å². The molecule has 0 fully saturated rings. The predicted octanol–water partition coefficient (Wildman–Crippen LogP) is 1.66.